The fraction of sp³-hybridized carbons (Fsp3) is 0.714. The van der Waals surface area contributed by atoms with Crippen LogP contribution in [0.4, 0.5) is 11.6 Å². The molecule has 6 nitrogen and oxygen atoms in total. The van der Waals surface area contributed by atoms with Gasteiger partial charge in [-0.05, 0) is 26.2 Å². The van der Waals surface area contributed by atoms with Crippen molar-refractivity contribution in [1.29, 1.82) is 0 Å². The van der Waals surface area contributed by atoms with Crippen molar-refractivity contribution in [1.82, 2.24) is 9.97 Å². The fourth-order valence-electron chi connectivity index (χ4n) is 3.12. The standard InChI is InChI=1S/C14H22N4O2/c1-2-19-9-13-16-12(15)8-14(17-13)18-6-7-20-11-5-3-4-10(11)18/h8,10-11H,2-7,9H2,1H3,(H2,15,16,17). The molecular formula is C14H22N4O2. The highest BCUT2D eigenvalue weighted by atomic mass is 16.5. The monoisotopic (exact) mass is 278 g/mol. The normalized spacial score (nSPS) is 25.8. The number of ether oxygens (including phenoxy) is 2. The van der Waals surface area contributed by atoms with Crippen molar-refractivity contribution in [2.75, 3.05) is 30.4 Å². The van der Waals surface area contributed by atoms with Crippen LogP contribution in [0.2, 0.25) is 0 Å². The maximum Gasteiger partial charge on any atom is 0.158 e. The van der Waals surface area contributed by atoms with Gasteiger partial charge in [-0.15, -0.1) is 0 Å². The van der Waals surface area contributed by atoms with Gasteiger partial charge in [0.25, 0.3) is 0 Å². The number of hydrogen-bond donors (Lipinski definition) is 1. The lowest BCUT2D eigenvalue weighted by molar-refractivity contribution is 0.0252. The quantitative estimate of drug-likeness (QED) is 0.896. The molecule has 1 aliphatic carbocycles. The Bertz CT molecular complexity index is 468. The summed E-state index contributed by atoms with van der Waals surface area (Å²) in [6, 6.07) is 2.29. The van der Waals surface area contributed by atoms with Crippen LogP contribution in [0.3, 0.4) is 0 Å². The van der Waals surface area contributed by atoms with Gasteiger partial charge in [-0.3, -0.25) is 0 Å². The Kier molecular flexibility index (Phi) is 4.03. The second-order valence-corrected chi connectivity index (χ2v) is 5.31. The molecule has 2 atom stereocenters. The Morgan fingerprint density at radius 2 is 2.35 bits per heavy atom. The summed E-state index contributed by atoms with van der Waals surface area (Å²) in [6.45, 7) is 4.64. The van der Waals surface area contributed by atoms with Crippen LogP contribution >= 0.6 is 0 Å². The lowest BCUT2D eigenvalue weighted by Crippen LogP contribution is -2.49. The van der Waals surface area contributed by atoms with Gasteiger partial charge in [-0.2, -0.15) is 0 Å². The number of nitrogens with two attached hydrogens (primary N) is 1. The van der Waals surface area contributed by atoms with E-state index in [2.05, 4.69) is 14.9 Å². The average molecular weight is 278 g/mol. The van der Waals surface area contributed by atoms with Gasteiger partial charge < -0.3 is 20.1 Å². The van der Waals surface area contributed by atoms with Crippen molar-refractivity contribution in [3.8, 4) is 0 Å². The van der Waals surface area contributed by atoms with Crippen LogP contribution in [0.25, 0.3) is 0 Å². The van der Waals surface area contributed by atoms with Crippen LogP contribution in [0.15, 0.2) is 6.07 Å². The van der Waals surface area contributed by atoms with Crippen LogP contribution in [-0.4, -0.2) is 41.9 Å². The van der Waals surface area contributed by atoms with Crippen molar-refractivity contribution < 1.29 is 9.47 Å². The summed E-state index contributed by atoms with van der Waals surface area (Å²) >= 11 is 0. The number of nitrogens with zero attached hydrogens (tertiary/aromatic N) is 3. The predicted molar refractivity (Wildman–Crippen MR) is 76.5 cm³/mol. The van der Waals surface area contributed by atoms with Crippen LogP contribution in [0.1, 0.15) is 32.0 Å². The molecule has 20 heavy (non-hydrogen) atoms. The molecule has 1 saturated heterocycles. The van der Waals surface area contributed by atoms with E-state index in [1.165, 1.54) is 6.42 Å². The summed E-state index contributed by atoms with van der Waals surface area (Å²) in [7, 11) is 0. The summed E-state index contributed by atoms with van der Waals surface area (Å²) in [5, 5.41) is 0. The van der Waals surface area contributed by atoms with Crippen LogP contribution in [-0.2, 0) is 16.1 Å². The number of hydrogen-bond acceptors (Lipinski definition) is 6. The molecule has 0 spiro atoms. The van der Waals surface area contributed by atoms with Crippen molar-refractivity contribution in [2.45, 2.75) is 44.9 Å². The van der Waals surface area contributed by atoms with E-state index < -0.39 is 0 Å². The Morgan fingerprint density at radius 3 is 3.20 bits per heavy atom. The lowest BCUT2D eigenvalue weighted by Gasteiger charge is -2.38. The molecule has 0 aromatic carbocycles. The first kappa shape index (κ1) is 13.6. The molecule has 2 heterocycles. The van der Waals surface area contributed by atoms with E-state index >= 15 is 0 Å². The number of morpholine rings is 1. The highest BCUT2D eigenvalue weighted by molar-refractivity contribution is 5.48. The average Bonchev–Trinajstić information content (AvgIpc) is 2.92. The first-order valence-electron chi connectivity index (χ1n) is 7.37. The number of nitrogen functional groups attached to an aromatic ring is 1. The maximum absolute atomic E-state index is 5.91. The van der Waals surface area contributed by atoms with Gasteiger partial charge in [0.05, 0.1) is 18.8 Å². The van der Waals surface area contributed by atoms with Gasteiger partial charge in [-0.1, -0.05) is 0 Å². The number of anilines is 2. The van der Waals surface area contributed by atoms with E-state index in [-0.39, 0.29) is 0 Å². The molecule has 2 N–H and O–H groups in total. The van der Waals surface area contributed by atoms with Gasteiger partial charge in [0.15, 0.2) is 5.82 Å². The Hall–Kier alpha value is -1.40. The molecule has 1 saturated carbocycles. The Balaban J connectivity index is 1.82. The molecule has 0 amide bonds. The largest absolute Gasteiger partial charge is 0.384 e. The van der Waals surface area contributed by atoms with Crippen molar-refractivity contribution in [3.63, 3.8) is 0 Å². The molecule has 1 aliphatic heterocycles. The first-order valence-corrected chi connectivity index (χ1v) is 7.37. The van der Waals surface area contributed by atoms with E-state index in [0.717, 1.165) is 31.8 Å². The molecule has 0 radical (unpaired) electrons. The zero-order valence-electron chi connectivity index (χ0n) is 11.9. The fourth-order valence-corrected chi connectivity index (χ4v) is 3.12. The van der Waals surface area contributed by atoms with Crippen LogP contribution in [0, 0.1) is 0 Å². The summed E-state index contributed by atoms with van der Waals surface area (Å²) in [5.74, 6) is 2.07. The molecule has 1 aromatic heterocycles. The van der Waals surface area contributed by atoms with Crippen LogP contribution in [0.5, 0.6) is 0 Å². The number of rotatable bonds is 4. The van der Waals surface area contributed by atoms with Crippen molar-refractivity contribution >= 4 is 11.6 Å². The third-order valence-corrected chi connectivity index (χ3v) is 3.99. The lowest BCUT2D eigenvalue weighted by atomic mass is 10.1. The smallest absolute Gasteiger partial charge is 0.158 e. The SMILES string of the molecule is CCOCc1nc(N)cc(N2CCOC3CCCC32)n1. The Labute approximate surface area is 119 Å². The molecule has 1 aromatic rings. The summed E-state index contributed by atoms with van der Waals surface area (Å²) in [4.78, 5) is 11.2. The van der Waals surface area contributed by atoms with Gasteiger partial charge in [0.2, 0.25) is 0 Å². The van der Waals surface area contributed by atoms with E-state index in [0.29, 0.717) is 37.0 Å². The second-order valence-electron chi connectivity index (χ2n) is 5.31. The Morgan fingerprint density at radius 1 is 1.45 bits per heavy atom. The molecule has 110 valence electrons. The molecular weight excluding hydrogens is 256 g/mol. The zero-order chi connectivity index (χ0) is 13.9. The van der Waals surface area contributed by atoms with E-state index in [1.54, 1.807) is 0 Å². The van der Waals surface area contributed by atoms with E-state index in [4.69, 9.17) is 15.2 Å². The number of fused-ring (bicyclic) bond motifs is 1. The third kappa shape index (κ3) is 2.71. The zero-order valence-corrected chi connectivity index (χ0v) is 11.9. The first-order chi connectivity index (χ1) is 9.78. The molecule has 6 heteroatoms. The molecule has 0 bridgehead atoms. The minimum atomic E-state index is 0.343. The molecule has 3 rings (SSSR count). The summed E-state index contributed by atoms with van der Waals surface area (Å²) < 4.78 is 11.2. The second kappa shape index (κ2) is 5.93. The van der Waals surface area contributed by atoms with Gasteiger partial charge in [0, 0.05) is 19.2 Å². The predicted octanol–water partition coefficient (Wildman–Crippen LogP) is 1.35. The molecule has 2 fully saturated rings. The van der Waals surface area contributed by atoms with Gasteiger partial charge in [0.1, 0.15) is 18.2 Å². The molecule has 2 unspecified atom stereocenters. The van der Waals surface area contributed by atoms with E-state index in [9.17, 15) is 0 Å². The minimum absolute atomic E-state index is 0.343. The minimum Gasteiger partial charge on any atom is -0.384 e. The van der Waals surface area contributed by atoms with Crippen LogP contribution < -0.4 is 10.6 Å². The summed E-state index contributed by atoms with van der Waals surface area (Å²) in [5.41, 5.74) is 5.91. The number of aromatic nitrogens is 2. The van der Waals surface area contributed by atoms with Crippen molar-refractivity contribution in [2.24, 2.45) is 0 Å². The third-order valence-electron chi connectivity index (χ3n) is 3.99. The summed E-state index contributed by atoms with van der Waals surface area (Å²) in [6.07, 6.45) is 3.87. The maximum atomic E-state index is 5.91. The topological polar surface area (TPSA) is 73.5 Å². The highest BCUT2D eigenvalue weighted by Crippen LogP contribution is 2.32. The van der Waals surface area contributed by atoms with Gasteiger partial charge >= 0.3 is 0 Å². The highest BCUT2D eigenvalue weighted by Gasteiger charge is 2.36. The van der Waals surface area contributed by atoms with Gasteiger partial charge in [-0.25, -0.2) is 9.97 Å². The van der Waals surface area contributed by atoms with Crippen molar-refractivity contribution in [3.05, 3.63) is 11.9 Å². The van der Waals surface area contributed by atoms with E-state index in [1.807, 2.05) is 13.0 Å². The molecule has 2 aliphatic rings.